The Morgan fingerprint density at radius 2 is 0.726 bits per heavy atom. The van der Waals surface area contributed by atoms with Gasteiger partial charge in [0, 0.05) is 13.0 Å². The maximum Gasteiger partial charge on any atom is 0.306 e. The topological polar surface area (TPSA) is 214 Å². The van der Waals surface area contributed by atoms with Crippen LogP contribution in [0.5, 0.6) is 0 Å². The smallest absolute Gasteiger partial charge is 0.306 e. The highest BCUT2D eigenvalue weighted by atomic mass is 16.7. The van der Waals surface area contributed by atoms with E-state index in [9.17, 15) is 40.5 Å². The van der Waals surface area contributed by atoms with Gasteiger partial charge in [-0.3, -0.25) is 4.79 Å². The second-order valence-electron chi connectivity index (χ2n) is 21.9. The molecule has 2 saturated heterocycles. The third-order valence-corrected chi connectivity index (χ3v) is 15.1. The number of carbonyl (C=O) groups excluding carboxylic acids is 1. The fourth-order valence-corrected chi connectivity index (χ4v) is 10.2. The molecule has 0 amide bonds. The summed E-state index contributed by atoms with van der Waals surface area (Å²) in [6.45, 7) is 3.77. The predicted molar refractivity (Wildman–Crippen MR) is 289 cm³/mol. The van der Waals surface area contributed by atoms with Crippen molar-refractivity contribution < 1.29 is 69.0 Å². The number of carbonyl (C=O) groups is 1. The van der Waals surface area contributed by atoms with E-state index in [0.717, 1.165) is 44.9 Å². The van der Waals surface area contributed by atoms with E-state index in [2.05, 4.69) is 13.8 Å². The molecule has 434 valence electrons. The van der Waals surface area contributed by atoms with Crippen molar-refractivity contribution in [1.29, 1.82) is 0 Å². The van der Waals surface area contributed by atoms with Crippen molar-refractivity contribution in [1.82, 2.24) is 0 Å². The minimum atomic E-state index is -1.70. The van der Waals surface area contributed by atoms with Crippen LogP contribution in [-0.4, -0.2) is 142 Å². The molecule has 14 nitrogen and oxygen atoms in total. The fourth-order valence-electron chi connectivity index (χ4n) is 10.2. The van der Waals surface area contributed by atoms with Crippen molar-refractivity contribution in [2.24, 2.45) is 0 Å². The number of rotatable bonds is 51. The molecule has 0 radical (unpaired) electrons. The highest BCUT2D eigenvalue weighted by Gasteiger charge is 2.47. The molecule has 2 heterocycles. The summed E-state index contributed by atoms with van der Waals surface area (Å²) >= 11 is 0. The monoisotopic (exact) mass is 1050 g/mol. The van der Waals surface area contributed by atoms with Crippen LogP contribution in [0.1, 0.15) is 271 Å². The number of esters is 1. The lowest BCUT2D eigenvalue weighted by Crippen LogP contribution is -2.61. The van der Waals surface area contributed by atoms with Crippen LogP contribution in [0.4, 0.5) is 0 Å². The Bertz CT molecular complexity index is 1210. The van der Waals surface area contributed by atoms with E-state index in [1.807, 2.05) is 0 Å². The summed E-state index contributed by atoms with van der Waals surface area (Å²) in [6.07, 6.45) is 34.5. The van der Waals surface area contributed by atoms with Crippen molar-refractivity contribution in [2.45, 2.75) is 338 Å². The number of hydrogen-bond donors (Lipinski definition) is 7. The van der Waals surface area contributed by atoms with Crippen LogP contribution in [0.3, 0.4) is 0 Å². The van der Waals surface area contributed by atoms with Gasteiger partial charge in [0.2, 0.25) is 0 Å². The van der Waals surface area contributed by atoms with E-state index in [-0.39, 0.29) is 25.6 Å². The first-order valence-electron chi connectivity index (χ1n) is 30.6. The number of hydrogen-bond acceptors (Lipinski definition) is 14. The van der Waals surface area contributed by atoms with Crippen LogP contribution in [0.2, 0.25) is 0 Å². The van der Waals surface area contributed by atoms with Crippen LogP contribution < -0.4 is 0 Å². The third kappa shape index (κ3) is 33.8. The van der Waals surface area contributed by atoms with Crippen molar-refractivity contribution in [3.8, 4) is 0 Å². The first-order valence-corrected chi connectivity index (χ1v) is 30.6. The third-order valence-electron chi connectivity index (χ3n) is 15.1. The van der Waals surface area contributed by atoms with Gasteiger partial charge in [-0.2, -0.15) is 0 Å². The van der Waals surface area contributed by atoms with E-state index < -0.39 is 80.7 Å². The molecule has 0 aromatic heterocycles. The number of aliphatic hydroxyl groups excluding tert-OH is 7. The van der Waals surface area contributed by atoms with Crippen molar-refractivity contribution in [3.63, 3.8) is 0 Å². The molecule has 14 heteroatoms. The zero-order valence-corrected chi connectivity index (χ0v) is 46.7. The van der Waals surface area contributed by atoms with Crippen molar-refractivity contribution in [2.75, 3.05) is 33.0 Å². The van der Waals surface area contributed by atoms with Crippen LogP contribution >= 0.6 is 0 Å². The normalized spacial score (nSPS) is 24.8. The van der Waals surface area contributed by atoms with E-state index >= 15 is 0 Å². The Hall–Kier alpha value is -1.01. The predicted octanol–water partition coefficient (Wildman–Crippen LogP) is 11.2. The van der Waals surface area contributed by atoms with Crippen LogP contribution in [0.25, 0.3) is 0 Å². The number of ether oxygens (including phenoxy) is 6. The molecule has 11 unspecified atom stereocenters. The van der Waals surface area contributed by atoms with Crippen molar-refractivity contribution >= 4 is 5.97 Å². The Kier molecular flexibility index (Phi) is 43.9. The molecule has 2 aliphatic rings. The minimum absolute atomic E-state index is 0.0710. The lowest BCUT2D eigenvalue weighted by atomic mass is 9.98. The molecule has 0 aromatic carbocycles. The van der Waals surface area contributed by atoms with E-state index in [1.165, 1.54) is 205 Å². The summed E-state index contributed by atoms with van der Waals surface area (Å²) in [4.78, 5) is 13.1. The second kappa shape index (κ2) is 47.0. The van der Waals surface area contributed by atoms with Crippen LogP contribution in [0, 0.1) is 0 Å². The highest BCUT2D eigenvalue weighted by molar-refractivity contribution is 5.69. The summed E-state index contributed by atoms with van der Waals surface area (Å²) in [7, 11) is 0. The molecule has 2 fully saturated rings. The number of aliphatic hydroxyl groups is 7. The summed E-state index contributed by atoms with van der Waals surface area (Å²) in [5.74, 6) is -0.366. The highest BCUT2D eigenvalue weighted by Crippen LogP contribution is 2.27. The van der Waals surface area contributed by atoms with Gasteiger partial charge in [0.1, 0.15) is 54.9 Å². The molecule has 7 N–H and O–H groups in total. The van der Waals surface area contributed by atoms with Gasteiger partial charge >= 0.3 is 5.97 Å². The minimum Gasteiger partial charge on any atom is -0.457 e. The quantitative estimate of drug-likeness (QED) is 0.0223. The van der Waals surface area contributed by atoms with Gasteiger partial charge in [-0.05, 0) is 12.8 Å². The molecule has 11 atom stereocenters. The van der Waals surface area contributed by atoms with Gasteiger partial charge in [0.05, 0.1) is 26.4 Å². The Balaban J connectivity index is 1.68. The molecule has 0 aliphatic carbocycles. The molecule has 2 aliphatic heterocycles. The maximum atomic E-state index is 13.1. The molecule has 0 bridgehead atoms. The van der Waals surface area contributed by atoms with Crippen LogP contribution in [0.15, 0.2) is 0 Å². The summed E-state index contributed by atoms with van der Waals surface area (Å²) < 4.78 is 34.5. The SMILES string of the molecule is CCCCCCCCCCCCCCCCCCCCCCCCC(=O)OC(COCCCCCCCCCCCCCCCCCCC)COC1OC(COC2OC(CO)C(O)C(O)C2O)C(O)C(O)C1O. The molecular formula is C59H114O14. The second-order valence-corrected chi connectivity index (χ2v) is 21.9. The Labute approximate surface area is 444 Å². The van der Waals surface area contributed by atoms with Gasteiger partial charge in [-0.1, -0.05) is 251 Å². The molecule has 2 rings (SSSR count). The lowest BCUT2D eigenvalue weighted by molar-refractivity contribution is -0.332. The van der Waals surface area contributed by atoms with Gasteiger partial charge in [-0.15, -0.1) is 0 Å². The zero-order valence-electron chi connectivity index (χ0n) is 46.7. The molecular weight excluding hydrogens is 933 g/mol. The van der Waals surface area contributed by atoms with E-state index in [4.69, 9.17) is 28.4 Å². The Morgan fingerprint density at radius 1 is 0.397 bits per heavy atom. The van der Waals surface area contributed by atoms with Gasteiger partial charge in [0.15, 0.2) is 12.6 Å². The first kappa shape index (κ1) is 68.1. The first-order chi connectivity index (χ1) is 35.6. The molecule has 0 aromatic rings. The molecule has 0 spiro atoms. The maximum absolute atomic E-state index is 13.1. The molecule has 0 saturated carbocycles. The van der Waals surface area contributed by atoms with Gasteiger partial charge in [0.25, 0.3) is 0 Å². The van der Waals surface area contributed by atoms with Gasteiger partial charge < -0.3 is 64.2 Å². The summed E-state index contributed by atoms with van der Waals surface area (Å²) in [5, 5.41) is 72.4. The van der Waals surface area contributed by atoms with Crippen LogP contribution in [-0.2, 0) is 33.2 Å². The van der Waals surface area contributed by atoms with E-state index in [1.54, 1.807) is 0 Å². The zero-order chi connectivity index (χ0) is 53.0. The average molecular weight is 1050 g/mol. The Morgan fingerprint density at radius 3 is 1.11 bits per heavy atom. The van der Waals surface area contributed by atoms with Gasteiger partial charge in [-0.25, -0.2) is 0 Å². The standard InChI is InChI=1S/C59H114O14/c1-3-5-7-9-11-13-15-17-19-21-22-23-24-25-26-28-30-32-34-36-38-40-42-51(61)71-48(45-68-43-41-39-37-35-33-31-29-27-20-18-16-14-12-10-8-6-4-2)46-69-58-57(67)55(65)53(63)50(73-58)47-70-59-56(66)54(64)52(62)49(44-60)72-59/h48-50,52-60,62-67H,3-47H2,1-2H3. The largest absolute Gasteiger partial charge is 0.457 e. The lowest BCUT2D eigenvalue weighted by Gasteiger charge is -2.42. The summed E-state index contributed by atoms with van der Waals surface area (Å²) in [5.41, 5.74) is 0. The van der Waals surface area contributed by atoms with Crippen molar-refractivity contribution in [3.05, 3.63) is 0 Å². The fraction of sp³-hybridized carbons (Fsp3) is 0.983. The number of unbranched alkanes of at least 4 members (excludes halogenated alkanes) is 37. The summed E-state index contributed by atoms with van der Waals surface area (Å²) in [6, 6.07) is 0. The average Bonchev–Trinajstić information content (AvgIpc) is 3.39. The van der Waals surface area contributed by atoms with E-state index in [0.29, 0.717) is 6.61 Å². The molecule has 73 heavy (non-hydrogen) atoms.